The maximum absolute atomic E-state index is 12.3. The third kappa shape index (κ3) is 4.48. The van der Waals surface area contributed by atoms with Crippen LogP contribution in [0.3, 0.4) is 0 Å². The number of aromatic nitrogens is 1. The number of aromatic hydroxyl groups is 1. The van der Waals surface area contributed by atoms with E-state index in [-0.39, 0.29) is 34.7 Å². The molecule has 39 heavy (non-hydrogen) atoms. The quantitative estimate of drug-likeness (QED) is 0.258. The molecule has 1 aliphatic carbocycles. The lowest BCUT2D eigenvalue weighted by Crippen LogP contribution is -2.65. The van der Waals surface area contributed by atoms with Crippen LogP contribution in [0.1, 0.15) is 46.6 Å². The molecule has 0 bridgehead atoms. The van der Waals surface area contributed by atoms with Gasteiger partial charge in [-0.1, -0.05) is 13.0 Å². The topological polar surface area (TPSA) is 162 Å². The van der Waals surface area contributed by atoms with E-state index in [4.69, 9.17) is 14.2 Å². The first kappa shape index (κ1) is 27.2. The second-order valence-electron chi connectivity index (χ2n) is 10.3. The molecule has 1 saturated heterocycles. The predicted octanol–water partition coefficient (Wildman–Crippen LogP) is 2.14. The minimum absolute atomic E-state index is 0.0168. The van der Waals surface area contributed by atoms with Crippen LogP contribution in [0.4, 0.5) is 0 Å². The van der Waals surface area contributed by atoms with Crippen molar-refractivity contribution in [3.8, 4) is 17.2 Å². The molecular weight excluding hydrogens is 506 g/mol. The summed E-state index contributed by atoms with van der Waals surface area (Å²) in [5.74, 6) is -0.264. The smallest absolute Gasteiger partial charge is 0.229 e. The average Bonchev–Trinajstić information content (AvgIpc) is 3.29. The molecule has 1 fully saturated rings. The molecule has 5 rings (SSSR count). The lowest BCUT2D eigenvalue weighted by atomic mass is 9.78. The van der Waals surface area contributed by atoms with Crippen molar-refractivity contribution in [3.05, 3.63) is 58.4 Å². The second-order valence-corrected chi connectivity index (χ2v) is 10.3. The number of phenolic OH excluding ortho intramolecular Hbond substituents is 1. The van der Waals surface area contributed by atoms with Crippen molar-refractivity contribution in [1.29, 1.82) is 0 Å². The number of hydrogen-bond donors (Lipinski definition) is 6. The fourth-order valence-corrected chi connectivity index (χ4v) is 5.68. The van der Waals surface area contributed by atoms with E-state index in [1.807, 2.05) is 13.1 Å². The van der Waals surface area contributed by atoms with Crippen LogP contribution >= 0.6 is 0 Å². The number of rotatable bonds is 6. The fraction of sp³-hybridized carbons (Fsp3) is 0.414. The van der Waals surface area contributed by atoms with E-state index in [2.05, 4.69) is 4.98 Å². The summed E-state index contributed by atoms with van der Waals surface area (Å²) in [5, 5.41) is 55.8. The van der Waals surface area contributed by atoms with Crippen LogP contribution in [0.2, 0.25) is 0 Å². The van der Waals surface area contributed by atoms with Gasteiger partial charge < -0.3 is 44.7 Å². The van der Waals surface area contributed by atoms with Gasteiger partial charge in [-0.3, -0.25) is 4.79 Å². The maximum Gasteiger partial charge on any atom is 0.229 e. The molecule has 2 aliphatic rings. The lowest BCUT2D eigenvalue weighted by molar-refractivity contribution is -0.298. The Balaban J connectivity index is 1.54. The van der Waals surface area contributed by atoms with Crippen molar-refractivity contribution in [1.82, 2.24) is 4.98 Å². The number of hydrogen-bond acceptors (Lipinski definition) is 9. The van der Waals surface area contributed by atoms with Crippen LogP contribution in [-0.4, -0.2) is 79.7 Å². The summed E-state index contributed by atoms with van der Waals surface area (Å²) >= 11 is 0. The van der Waals surface area contributed by atoms with Crippen LogP contribution in [-0.2, 0) is 17.6 Å². The van der Waals surface area contributed by atoms with Gasteiger partial charge in [0.25, 0.3) is 0 Å². The Morgan fingerprint density at radius 1 is 1.18 bits per heavy atom. The van der Waals surface area contributed by atoms with Crippen molar-refractivity contribution in [3.63, 3.8) is 0 Å². The molecule has 1 aromatic heterocycles. The molecule has 2 heterocycles. The number of aliphatic hydroxyl groups excluding tert-OH is 3. The van der Waals surface area contributed by atoms with Crippen LogP contribution in [0.25, 0.3) is 16.8 Å². The number of fused-ring (bicyclic) bond motifs is 2. The van der Waals surface area contributed by atoms with Gasteiger partial charge in [0.1, 0.15) is 47.3 Å². The normalized spacial score (nSPS) is 28.4. The number of methoxy groups -OCH3 is 1. The first-order valence-corrected chi connectivity index (χ1v) is 12.8. The number of carbonyl (C=O) groups excluding carboxylic acids is 1. The molecule has 6 atom stereocenters. The fourth-order valence-electron chi connectivity index (χ4n) is 5.68. The zero-order valence-electron chi connectivity index (χ0n) is 22.1. The summed E-state index contributed by atoms with van der Waals surface area (Å²) in [4.78, 5) is 15.4. The molecule has 0 spiro atoms. The Bertz CT molecular complexity index is 1460. The van der Waals surface area contributed by atoms with Gasteiger partial charge in [-0.2, -0.15) is 0 Å². The zero-order chi connectivity index (χ0) is 28.2. The van der Waals surface area contributed by atoms with Crippen LogP contribution in [0.15, 0.2) is 30.5 Å². The first-order chi connectivity index (χ1) is 18.5. The number of Topliss-reactive ketones (excluding diaryl/α,β-unsaturated/α-hetero) is 1. The van der Waals surface area contributed by atoms with E-state index in [1.165, 1.54) is 26.2 Å². The molecule has 0 radical (unpaired) electrons. The SMILES string of the molecule is CCc1c[nH]c2c1CC(O)(C1OC(Oc3cc(OC)cc4cc(C)c(C(C)=O)c(O)c34)C(O)C(O)C1O)C=C2. The van der Waals surface area contributed by atoms with Gasteiger partial charge in [0.15, 0.2) is 5.78 Å². The molecule has 0 amide bonds. The Kier molecular flexibility index (Phi) is 6.94. The first-order valence-electron chi connectivity index (χ1n) is 12.8. The maximum atomic E-state index is 12.3. The summed E-state index contributed by atoms with van der Waals surface area (Å²) in [5.41, 5.74) is 1.66. The van der Waals surface area contributed by atoms with E-state index >= 15 is 0 Å². The minimum Gasteiger partial charge on any atom is -0.506 e. The molecule has 10 nitrogen and oxygen atoms in total. The van der Waals surface area contributed by atoms with Crippen molar-refractivity contribution in [2.75, 3.05) is 7.11 Å². The van der Waals surface area contributed by atoms with Gasteiger partial charge >= 0.3 is 0 Å². The third-order valence-electron chi connectivity index (χ3n) is 7.73. The van der Waals surface area contributed by atoms with Gasteiger partial charge in [0, 0.05) is 24.4 Å². The standard InChI is InChI=1S/C29H33NO9/c1-5-15-12-30-19-6-7-29(36,11-18(15)19)27-25(34)24(33)26(35)28(39-27)38-20-10-17(37-4)9-16-8-13(2)21(14(3)31)23(32)22(16)20/h6-10,12,24-28,30,32-36H,5,11H2,1-4H3. The van der Waals surface area contributed by atoms with Crippen LogP contribution < -0.4 is 9.47 Å². The number of carbonyl (C=O) groups is 1. The number of phenols is 1. The highest BCUT2D eigenvalue weighted by atomic mass is 16.7. The summed E-state index contributed by atoms with van der Waals surface area (Å²) in [6.45, 7) is 5.03. The largest absolute Gasteiger partial charge is 0.506 e. The Hall–Kier alpha value is -3.41. The molecule has 6 N–H and O–H groups in total. The summed E-state index contributed by atoms with van der Waals surface area (Å²) in [6, 6.07) is 4.82. The highest BCUT2D eigenvalue weighted by molar-refractivity contribution is 6.07. The number of benzene rings is 2. The Labute approximate surface area is 225 Å². The minimum atomic E-state index is -1.72. The van der Waals surface area contributed by atoms with Gasteiger partial charge in [0.2, 0.25) is 6.29 Å². The van der Waals surface area contributed by atoms with Crippen molar-refractivity contribution < 1.29 is 44.5 Å². The average molecular weight is 540 g/mol. The van der Waals surface area contributed by atoms with Gasteiger partial charge in [-0.05, 0) is 60.6 Å². The van der Waals surface area contributed by atoms with Gasteiger partial charge in [-0.15, -0.1) is 0 Å². The highest BCUT2D eigenvalue weighted by Gasteiger charge is 2.53. The molecule has 2 aromatic carbocycles. The molecule has 1 aliphatic heterocycles. The molecule has 0 saturated carbocycles. The van der Waals surface area contributed by atoms with Gasteiger partial charge in [-0.25, -0.2) is 0 Å². The monoisotopic (exact) mass is 539 g/mol. The van der Waals surface area contributed by atoms with E-state index in [9.17, 15) is 30.3 Å². The Morgan fingerprint density at radius 2 is 1.92 bits per heavy atom. The molecule has 208 valence electrons. The highest BCUT2D eigenvalue weighted by Crippen LogP contribution is 2.43. The van der Waals surface area contributed by atoms with Crippen LogP contribution in [0, 0.1) is 6.92 Å². The van der Waals surface area contributed by atoms with Crippen LogP contribution in [0.5, 0.6) is 17.2 Å². The summed E-state index contributed by atoms with van der Waals surface area (Å²) in [7, 11) is 1.45. The van der Waals surface area contributed by atoms with Crippen molar-refractivity contribution in [2.45, 2.75) is 69.9 Å². The van der Waals surface area contributed by atoms with Gasteiger partial charge in [0.05, 0.1) is 18.1 Å². The molecule has 10 heteroatoms. The van der Waals surface area contributed by atoms with E-state index in [0.29, 0.717) is 16.7 Å². The predicted molar refractivity (Wildman–Crippen MR) is 142 cm³/mol. The van der Waals surface area contributed by atoms with E-state index in [1.54, 1.807) is 25.1 Å². The van der Waals surface area contributed by atoms with Crippen molar-refractivity contribution in [2.24, 2.45) is 0 Å². The number of aromatic amines is 1. The van der Waals surface area contributed by atoms with E-state index < -0.39 is 36.3 Å². The molecule has 6 unspecified atom stereocenters. The molecule has 3 aromatic rings. The number of ketones is 1. The van der Waals surface area contributed by atoms with Crippen molar-refractivity contribution >= 4 is 22.6 Å². The summed E-state index contributed by atoms with van der Waals surface area (Å²) < 4.78 is 17.4. The number of aryl methyl sites for hydroxylation is 2. The molecular formula is C29H33NO9. The third-order valence-corrected chi connectivity index (χ3v) is 7.73. The summed E-state index contributed by atoms with van der Waals surface area (Å²) in [6.07, 6.45) is -2.10. The number of aliphatic hydroxyl groups is 4. The second kappa shape index (κ2) is 9.96. The Morgan fingerprint density at radius 3 is 2.59 bits per heavy atom. The lowest BCUT2D eigenvalue weighted by Gasteiger charge is -2.46. The number of nitrogens with one attached hydrogen (secondary N) is 1. The number of H-pyrrole nitrogens is 1. The zero-order valence-corrected chi connectivity index (χ0v) is 22.1. The number of ether oxygens (including phenoxy) is 3. The van der Waals surface area contributed by atoms with E-state index in [0.717, 1.165) is 23.2 Å².